The van der Waals surface area contributed by atoms with Crippen molar-refractivity contribution in [2.45, 2.75) is 71.6 Å². The molecule has 154 valence electrons. The maximum absolute atomic E-state index is 12.8. The Bertz CT molecular complexity index is 886. The maximum atomic E-state index is 12.8. The number of amides is 2. The molecule has 1 atom stereocenters. The van der Waals surface area contributed by atoms with Gasteiger partial charge in [0.15, 0.2) is 0 Å². The molecule has 0 spiro atoms. The summed E-state index contributed by atoms with van der Waals surface area (Å²) in [4.78, 5) is 27.4. The molecule has 2 aromatic rings. The summed E-state index contributed by atoms with van der Waals surface area (Å²) in [6.45, 7) is 5.27. The first-order valence-electron chi connectivity index (χ1n) is 10.5. The average molecular weight is 396 g/mol. The summed E-state index contributed by atoms with van der Waals surface area (Å²) in [5.41, 5.74) is 2.46. The molecule has 7 nitrogen and oxygen atoms in total. The van der Waals surface area contributed by atoms with Crippen molar-refractivity contribution in [1.29, 1.82) is 0 Å². The molecule has 0 bridgehead atoms. The summed E-state index contributed by atoms with van der Waals surface area (Å²) in [6.07, 6.45) is 5.31. The quantitative estimate of drug-likeness (QED) is 0.844. The molecule has 4 rings (SSSR count). The monoisotopic (exact) mass is 395 g/mol. The van der Waals surface area contributed by atoms with Gasteiger partial charge in [-0.1, -0.05) is 61.7 Å². The third-order valence-corrected chi connectivity index (χ3v) is 6.39. The summed E-state index contributed by atoms with van der Waals surface area (Å²) in [6, 6.07) is 9.58. The fourth-order valence-electron chi connectivity index (χ4n) is 4.46. The number of fused-ring (bicyclic) bond motifs is 1. The van der Waals surface area contributed by atoms with Crippen LogP contribution in [-0.2, 0) is 29.2 Å². The van der Waals surface area contributed by atoms with Crippen LogP contribution in [0.15, 0.2) is 30.3 Å². The van der Waals surface area contributed by atoms with E-state index >= 15 is 0 Å². The van der Waals surface area contributed by atoms with Crippen molar-refractivity contribution in [3.63, 3.8) is 0 Å². The Morgan fingerprint density at radius 2 is 1.93 bits per heavy atom. The second kappa shape index (κ2) is 7.97. The van der Waals surface area contributed by atoms with Crippen LogP contribution in [0.3, 0.4) is 0 Å². The SMILES string of the molecule is CC1C(=O)N(Cc2ccccc2)Cc2c(CNC(=O)C3(C)CCCCC3)nnn21. The van der Waals surface area contributed by atoms with Crippen LogP contribution >= 0.6 is 0 Å². The smallest absolute Gasteiger partial charge is 0.247 e. The molecule has 2 amide bonds. The summed E-state index contributed by atoms with van der Waals surface area (Å²) >= 11 is 0. The Kier molecular flexibility index (Phi) is 5.39. The van der Waals surface area contributed by atoms with E-state index in [-0.39, 0.29) is 17.2 Å². The van der Waals surface area contributed by atoms with Gasteiger partial charge in [0.1, 0.15) is 11.7 Å². The molecule has 1 fully saturated rings. The van der Waals surface area contributed by atoms with Crippen molar-refractivity contribution in [2.75, 3.05) is 0 Å². The first kappa shape index (κ1) is 19.6. The predicted octanol–water partition coefficient (Wildman–Crippen LogP) is 2.97. The minimum atomic E-state index is -0.393. The van der Waals surface area contributed by atoms with Crippen LogP contribution in [0.4, 0.5) is 0 Å². The van der Waals surface area contributed by atoms with Gasteiger partial charge in [0, 0.05) is 12.0 Å². The van der Waals surface area contributed by atoms with Gasteiger partial charge < -0.3 is 10.2 Å². The molecule has 2 heterocycles. The van der Waals surface area contributed by atoms with Crippen molar-refractivity contribution >= 4 is 11.8 Å². The van der Waals surface area contributed by atoms with E-state index in [1.165, 1.54) is 6.42 Å². The van der Waals surface area contributed by atoms with Crippen LogP contribution in [0.2, 0.25) is 0 Å². The van der Waals surface area contributed by atoms with Gasteiger partial charge in [0.25, 0.3) is 0 Å². The largest absolute Gasteiger partial charge is 0.350 e. The number of benzene rings is 1. The van der Waals surface area contributed by atoms with Crippen LogP contribution < -0.4 is 5.32 Å². The number of hydrogen-bond acceptors (Lipinski definition) is 4. The van der Waals surface area contributed by atoms with E-state index in [1.807, 2.05) is 42.2 Å². The molecular formula is C22H29N5O2. The fraction of sp³-hybridized carbons (Fsp3) is 0.545. The van der Waals surface area contributed by atoms with Crippen LogP contribution in [0.1, 0.15) is 68.9 Å². The Hall–Kier alpha value is -2.70. The van der Waals surface area contributed by atoms with Gasteiger partial charge in [-0.15, -0.1) is 5.10 Å². The van der Waals surface area contributed by atoms with E-state index < -0.39 is 6.04 Å². The highest BCUT2D eigenvalue weighted by Crippen LogP contribution is 2.36. The zero-order chi connectivity index (χ0) is 20.4. The zero-order valence-corrected chi connectivity index (χ0v) is 17.2. The van der Waals surface area contributed by atoms with Crippen molar-refractivity contribution in [2.24, 2.45) is 5.41 Å². The Morgan fingerprint density at radius 3 is 2.66 bits per heavy atom. The van der Waals surface area contributed by atoms with Gasteiger partial charge in [-0.25, -0.2) is 4.68 Å². The van der Waals surface area contributed by atoms with Gasteiger partial charge in [0.2, 0.25) is 11.8 Å². The highest BCUT2D eigenvalue weighted by atomic mass is 16.2. The van der Waals surface area contributed by atoms with Gasteiger partial charge >= 0.3 is 0 Å². The molecule has 1 aliphatic carbocycles. The summed E-state index contributed by atoms with van der Waals surface area (Å²) < 4.78 is 1.70. The number of nitrogens with one attached hydrogen (secondary N) is 1. The van der Waals surface area contributed by atoms with E-state index in [4.69, 9.17) is 0 Å². The number of nitrogens with zero attached hydrogens (tertiary/aromatic N) is 4. The average Bonchev–Trinajstić information content (AvgIpc) is 3.14. The van der Waals surface area contributed by atoms with Gasteiger partial charge in [0.05, 0.1) is 18.8 Å². The van der Waals surface area contributed by atoms with E-state index in [9.17, 15) is 9.59 Å². The molecule has 1 aromatic heterocycles. The normalized spacial score (nSPS) is 21.0. The Balaban J connectivity index is 1.47. The molecule has 7 heteroatoms. The number of rotatable bonds is 5. The third-order valence-electron chi connectivity index (χ3n) is 6.39. The molecule has 1 aromatic carbocycles. The fourth-order valence-corrected chi connectivity index (χ4v) is 4.46. The summed E-state index contributed by atoms with van der Waals surface area (Å²) in [7, 11) is 0. The van der Waals surface area contributed by atoms with E-state index in [1.54, 1.807) is 4.68 Å². The standard InChI is InChI=1S/C22H29N5O2/c1-16-20(28)26(14-17-9-5-3-6-10-17)15-19-18(24-25-27(16)19)13-23-21(29)22(2)11-7-4-8-12-22/h3,5-6,9-10,16H,4,7-8,11-15H2,1-2H3,(H,23,29). The molecule has 0 radical (unpaired) electrons. The predicted molar refractivity (Wildman–Crippen MR) is 108 cm³/mol. The summed E-state index contributed by atoms with van der Waals surface area (Å²) in [5.74, 6) is 0.136. The molecule has 1 aliphatic heterocycles. The Labute approximate surface area is 171 Å². The lowest BCUT2D eigenvalue weighted by atomic mass is 9.75. The minimum absolute atomic E-state index is 0.0385. The van der Waals surface area contributed by atoms with Gasteiger partial charge in [-0.2, -0.15) is 0 Å². The number of hydrogen-bond donors (Lipinski definition) is 1. The van der Waals surface area contributed by atoms with E-state index in [0.29, 0.717) is 19.6 Å². The second-order valence-corrected chi connectivity index (χ2v) is 8.59. The highest BCUT2D eigenvalue weighted by molar-refractivity contribution is 5.82. The lowest BCUT2D eigenvalue weighted by Crippen LogP contribution is -2.42. The topological polar surface area (TPSA) is 80.1 Å². The van der Waals surface area contributed by atoms with Crippen LogP contribution in [0.5, 0.6) is 0 Å². The molecule has 0 saturated heterocycles. The van der Waals surface area contributed by atoms with Crippen molar-refractivity contribution in [1.82, 2.24) is 25.2 Å². The van der Waals surface area contributed by atoms with Crippen molar-refractivity contribution in [3.05, 3.63) is 47.3 Å². The van der Waals surface area contributed by atoms with E-state index in [2.05, 4.69) is 22.6 Å². The summed E-state index contributed by atoms with van der Waals surface area (Å²) in [5, 5.41) is 11.6. The first-order valence-corrected chi connectivity index (χ1v) is 10.5. The van der Waals surface area contributed by atoms with E-state index in [0.717, 1.165) is 42.6 Å². The number of aromatic nitrogens is 3. The van der Waals surface area contributed by atoms with Crippen LogP contribution in [0.25, 0.3) is 0 Å². The minimum Gasteiger partial charge on any atom is -0.350 e. The lowest BCUT2D eigenvalue weighted by Gasteiger charge is -2.32. The maximum Gasteiger partial charge on any atom is 0.247 e. The molecular weight excluding hydrogens is 366 g/mol. The third kappa shape index (κ3) is 3.91. The first-order chi connectivity index (χ1) is 14.0. The Morgan fingerprint density at radius 1 is 1.21 bits per heavy atom. The second-order valence-electron chi connectivity index (χ2n) is 8.59. The highest BCUT2D eigenvalue weighted by Gasteiger charge is 2.36. The molecule has 29 heavy (non-hydrogen) atoms. The van der Waals surface area contributed by atoms with Gasteiger partial charge in [-0.05, 0) is 25.3 Å². The molecule has 2 aliphatic rings. The van der Waals surface area contributed by atoms with Crippen LogP contribution in [0, 0.1) is 5.41 Å². The van der Waals surface area contributed by atoms with Gasteiger partial charge in [-0.3, -0.25) is 9.59 Å². The number of carbonyl (C=O) groups is 2. The molecule has 1 N–H and O–H groups in total. The molecule has 1 saturated carbocycles. The van der Waals surface area contributed by atoms with Crippen LogP contribution in [-0.4, -0.2) is 31.7 Å². The number of carbonyl (C=O) groups excluding carboxylic acids is 2. The van der Waals surface area contributed by atoms with Crippen molar-refractivity contribution in [3.8, 4) is 0 Å². The lowest BCUT2D eigenvalue weighted by molar-refractivity contribution is -0.138. The molecule has 1 unspecified atom stereocenters. The van der Waals surface area contributed by atoms with Crippen molar-refractivity contribution < 1.29 is 9.59 Å². The zero-order valence-electron chi connectivity index (χ0n) is 17.2.